The van der Waals surface area contributed by atoms with Crippen LogP contribution in [-0.4, -0.2) is 43.5 Å². The van der Waals surface area contributed by atoms with E-state index in [-0.39, 0.29) is 0 Å². The third kappa shape index (κ3) is 8.97. The molecule has 0 fully saturated rings. The molecule has 0 aliphatic heterocycles. The fourth-order valence-electron chi connectivity index (χ4n) is 1.61. The average molecular weight is 248 g/mol. The predicted molar refractivity (Wildman–Crippen MR) is 81.8 cm³/mol. The van der Waals surface area contributed by atoms with Crippen molar-refractivity contribution in [3.8, 4) is 0 Å². The highest BCUT2D eigenvalue weighted by Gasteiger charge is 1.91. The molecule has 0 amide bonds. The van der Waals surface area contributed by atoms with Gasteiger partial charge >= 0.3 is 0 Å². The van der Waals surface area contributed by atoms with E-state index >= 15 is 0 Å². The van der Waals surface area contributed by atoms with E-state index in [1.807, 2.05) is 12.1 Å². The summed E-state index contributed by atoms with van der Waals surface area (Å²) in [5.74, 6) is 0. The summed E-state index contributed by atoms with van der Waals surface area (Å²) in [6.45, 7) is 12.3. The van der Waals surface area contributed by atoms with E-state index in [0.717, 1.165) is 26.2 Å². The molecular formula is C16H28N2. The standard InChI is InChI=1S/C9H13N.C7H15N/c1-10(2)8-9-6-4-3-5-7-9;1-4-7-8(5-2)6-3/h3-7H,8H2,1-2H3;4H,1,5-7H2,2-3H3. The molecule has 0 aliphatic rings. The lowest BCUT2D eigenvalue weighted by atomic mass is 10.2. The van der Waals surface area contributed by atoms with Crippen LogP contribution in [0.5, 0.6) is 0 Å². The van der Waals surface area contributed by atoms with Gasteiger partial charge in [0.25, 0.3) is 0 Å². The smallest absolute Gasteiger partial charge is 0.0227 e. The minimum Gasteiger partial charge on any atom is -0.305 e. The second kappa shape index (κ2) is 11.0. The van der Waals surface area contributed by atoms with E-state index in [0.29, 0.717) is 0 Å². The molecule has 2 nitrogen and oxygen atoms in total. The van der Waals surface area contributed by atoms with Gasteiger partial charge < -0.3 is 9.80 Å². The van der Waals surface area contributed by atoms with Crippen molar-refractivity contribution in [2.45, 2.75) is 20.4 Å². The Hall–Kier alpha value is -1.12. The van der Waals surface area contributed by atoms with Crippen molar-refractivity contribution < 1.29 is 0 Å². The highest BCUT2D eigenvalue weighted by molar-refractivity contribution is 5.14. The summed E-state index contributed by atoms with van der Waals surface area (Å²) in [7, 11) is 4.15. The highest BCUT2D eigenvalue weighted by Crippen LogP contribution is 1.99. The average Bonchev–Trinajstić information content (AvgIpc) is 2.37. The molecule has 1 aromatic rings. The summed E-state index contributed by atoms with van der Waals surface area (Å²) in [6.07, 6.45) is 1.94. The zero-order valence-electron chi connectivity index (χ0n) is 12.4. The lowest BCUT2D eigenvalue weighted by Crippen LogP contribution is -2.22. The molecular weight excluding hydrogens is 220 g/mol. The van der Waals surface area contributed by atoms with Crippen LogP contribution in [0.25, 0.3) is 0 Å². The van der Waals surface area contributed by atoms with Crippen molar-refractivity contribution in [1.82, 2.24) is 9.80 Å². The molecule has 0 spiro atoms. The van der Waals surface area contributed by atoms with Crippen LogP contribution >= 0.6 is 0 Å². The van der Waals surface area contributed by atoms with E-state index in [1.54, 1.807) is 0 Å². The van der Waals surface area contributed by atoms with Gasteiger partial charge in [-0.1, -0.05) is 50.3 Å². The van der Waals surface area contributed by atoms with Crippen LogP contribution in [0.2, 0.25) is 0 Å². The number of hydrogen-bond acceptors (Lipinski definition) is 2. The maximum Gasteiger partial charge on any atom is 0.0227 e. The fourth-order valence-corrected chi connectivity index (χ4v) is 1.61. The van der Waals surface area contributed by atoms with E-state index in [4.69, 9.17) is 0 Å². The van der Waals surface area contributed by atoms with Crippen molar-refractivity contribution in [3.63, 3.8) is 0 Å². The van der Waals surface area contributed by atoms with Crippen molar-refractivity contribution in [2.24, 2.45) is 0 Å². The van der Waals surface area contributed by atoms with E-state index in [9.17, 15) is 0 Å². The third-order valence-electron chi connectivity index (χ3n) is 2.62. The summed E-state index contributed by atoms with van der Waals surface area (Å²) in [4.78, 5) is 4.47. The molecule has 0 N–H and O–H groups in total. The van der Waals surface area contributed by atoms with Gasteiger partial charge in [0.2, 0.25) is 0 Å². The van der Waals surface area contributed by atoms with Gasteiger partial charge in [0.15, 0.2) is 0 Å². The number of likely N-dealkylation sites (N-methyl/N-ethyl adjacent to an activating group) is 1. The summed E-state index contributed by atoms with van der Waals surface area (Å²) in [5.41, 5.74) is 1.37. The maximum absolute atomic E-state index is 3.65. The van der Waals surface area contributed by atoms with Gasteiger partial charge in [-0.05, 0) is 32.7 Å². The molecule has 0 heterocycles. The van der Waals surface area contributed by atoms with Gasteiger partial charge in [0.05, 0.1) is 0 Å². The van der Waals surface area contributed by atoms with Crippen molar-refractivity contribution in [3.05, 3.63) is 48.6 Å². The van der Waals surface area contributed by atoms with E-state index in [2.05, 4.69) is 68.6 Å². The second-order valence-corrected chi connectivity index (χ2v) is 4.50. The minimum atomic E-state index is 1.02. The topological polar surface area (TPSA) is 6.48 Å². The molecule has 0 radical (unpaired) electrons. The molecule has 0 saturated heterocycles. The first-order valence-electron chi connectivity index (χ1n) is 6.65. The van der Waals surface area contributed by atoms with E-state index < -0.39 is 0 Å². The number of rotatable bonds is 6. The van der Waals surface area contributed by atoms with Crippen LogP contribution in [0.3, 0.4) is 0 Å². The lowest BCUT2D eigenvalue weighted by molar-refractivity contribution is 0.337. The van der Waals surface area contributed by atoms with Crippen LogP contribution in [-0.2, 0) is 6.54 Å². The summed E-state index contributed by atoms with van der Waals surface area (Å²) in [6, 6.07) is 10.5. The number of hydrogen-bond donors (Lipinski definition) is 0. The van der Waals surface area contributed by atoms with Crippen molar-refractivity contribution in [2.75, 3.05) is 33.7 Å². The molecule has 0 unspecified atom stereocenters. The van der Waals surface area contributed by atoms with E-state index in [1.165, 1.54) is 5.56 Å². The van der Waals surface area contributed by atoms with Crippen molar-refractivity contribution >= 4 is 0 Å². The molecule has 18 heavy (non-hydrogen) atoms. The summed E-state index contributed by atoms with van der Waals surface area (Å²) >= 11 is 0. The van der Waals surface area contributed by atoms with Gasteiger partial charge in [-0.3, -0.25) is 0 Å². The first-order valence-corrected chi connectivity index (χ1v) is 6.65. The van der Waals surface area contributed by atoms with Crippen LogP contribution < -0.4 is 0 Å². The number of benzene rings is 1. The van der Waals surface area contributed by atoms with Gasteiger partial charge in [0, 0.05) is 13.1 Å². The largest absolute Gasteiger partial charge is 0.305 e. The zero-order chi connectivity index (χ0) is 13.8. The quantitative estimate of drug-likeness (QED) is 0.713. The normalized spacial score (nSPS) is 10.1. The molecule has 0 bridgehead atoms. The molecule has 1 rings (SSSR count). The first kappa shape index (κ1) is 16.9. The molecule has 0 aromatic heterocycles. The van der Waals surface area contributed by atoms with Crippen LogP contribution in [0, 0.1) is 0 Å². The van der Waals surface area contributed by atoms with Gasteiger partial charge in [-0.2, -0.15) is 0 Å². The van der Waals surface area contributed by atoms with Gasteiger partial charge in [-0.25, -0.2) is 0 Å². The van der Waals surface area contributed by atoms with Gasteiger partial charge in [0.1, 0.15) is 0 Å². The Labute approximate surface area is 113 Å². The molecule has 102 valence electrons. The van der Waals surface area contributed by atoms with Crippen LogP contribution in [0.1, 0.15) is 19.4 Å². The van der Waals surface area contributed by atoms with Crippen LogP contribution in [0.15, 0.2) is 43.0 Å². The fraction of sp³-hybridized carbons (Fsp3) is 0.500. The molecule has 0 atom stereocenters. The Kier molecular flexibility index (Phi) is 10.3. The van der Waals surface area contributed by atoms with Gasteiger partial charge in [-0.15, -0.1) is 6.58 Å². The minimum absolute atomic E-state index is 1.02. The Bertz CT molecular complexity index is 289. The third-order valence-corrected chi connectivity index (χ3v) is 2.62. The molecule has 1 aromatic carbocycles. The first-order chi connectivity index (χ1) is 8.63. The predicted octanol–water partition coefficient (Wildman–Crippen LogP) is 3.26. The Balaban J connectivity index is 0.000000331. The summed E-state index contributed by atoms with van der Waals surface area (Å²) in [5, 5.41) is 0. The Morgan fingerprint density at radius 3 is 1.94 bits per heavy atom. The summed E-state index contributed by atoms with van der Waals surface area (Å²) < 4.78 is 0. The Morgan fingerprint density at radius 1 is 1.06 bits per heavy atom. The molecule has 2 heteroatoms. The highest BCUT2D eigenvalue weighted by atomic mass is 15.1. The number of nitrogens with zero attached hydrogens (tertiary/aromatic N) is 2. The van der Waals surface area contributed by atoms with Crippen LogP contribution in [0.4, 0.5) is 0 Å². The van der Waals surface area contributed by atoms with Crippen molar-refractivity contribution in [1.29, 1.82) is 0 Å². The molecule has 0 aliphatic carbocycles. The zero-order valence-corrected chi connectivity index (χ0v) is 12.4. The second-order valence-electron chi connectivity index (χ2n) is 4.50. The molecule has 0 saturated carbocycles. The SMILES string of the molecule is C=CCN(CC)CC.CN(C)Cc1ccccc1. The lowest BCUT2D eigenvalue weighted by Gasteiger charge is -2.14. The Morgan fingerprint density at radius 2 is 1.61 bits per heavy atom. The maximum atomic E-state index is 3.65. The monoisotopic (exact) mass is 248 g/mol.